The van der Waals surface area contributed by atoms with Gasteiger partial charge < -0.3 is 10.1 Å². The van der Waals surface area contributed by atoms with Crippen LogP contribution in [-0.4, -0.2) is 31.6 Å². The van der Waals surface area contributed by atoms with Crippen LogP contribution in [-0.2, 0) is 14.3 Å². The van der Waals surface area contributed by atoms with Crippen LogP contribution in [0, 0.1) is 5.41 Å². The number of carbonyl (C=O) groups is 2. The highest BCUT2D eigenvalue weighted by Gasteiger charge is 2.40. The minimum Gasteiger partial charge on any atom is -0.467 e. The Morgan fingerprint density at radius 1 is 1.38 bits per heavy atom. The maximum Gasteiger partial charge on any atom is 0.328 e. The molecule has 0 saturated heterocycles. The van der Waals surface area contributed by atoms with Crippen LogP contribution < -0.4 is 5.32 Å². The molecule has 21 heavy (non-hydrogen) atoms. The van der Waals surface area contributed by atoms with E-state index >= 15 is 0 Å². The molecule has 1 saturated carbocycles. The molecule has 1 amide bonds. The standard InChI is InChI=1S/C14H24N4O3/c1-3-11(12(19)21-2)17-13(20)14(9-10-16-18-15)7-5-4-6-8-14/h11H,3-10H2,1-2H3,(H,17,20)/t11-/m0/s1. The first-order valence-electron chi connectivity index (χ1n) is 7.49. The van der Waals surface area contributed by atoms with Crippen molar-refractivity contribution in [1.29, 1.82) is 0 Å². The number of amides is 1. The molecule has 0 aromatic carbocycles. The van der Waals surface area contributed by atoms with E-state index in [0.29, 0.717) is 19.4 Å². The van der Waals surface area contributed by atoms with E-state index in [2.05, 4.69) is 15.3 Å². The van der Waals surface area contributed by atoms with E-state index in [1.807, 2.05) is 6.92 Å². The van der Waals surface area contributed by atoms with Gasteiger partial charge in [-0.05, 0) is 31.2 Å². The Labute approximate surface area is 125 Å². The number of nitrogens with one attached hydrogen (secondary N) is 1. The Balaban J connectivity index is 2.79. The van der Waals surface area contributed by atoms with Crippen LogP contribution in [0.5, 0.6) is 0 Å². The third kappa shape index (κ3) is 4.63. The monoisotopic (exact) mass is 296 g/mol. The smallest absolute Gasteiger partial charge is 0.328 e. The lowest BCUT2D eigenvalue weighted by Crippen LogP contribution is -2.49. The van der Waals surface area contributed by atoms with Crippen LogP contribution >= 0.6 is 0 Å². The number of carbonyl (C=O) groups excluding carboxylic acids is 2. The zero-order valence-electron chi connectivity index (χ0n) is 12.8. The van der Waals surface area contributed by atoms with E-state index in [-0.39, 0.29) is 5.91 Å². The summed E-state index contributed by atoms with van der Waals surface area (Å²) in [6.07, 6.45) is 5.66. The molecule has 1 aliphatic rings. The molecule has 0 unspecified atom stereocenters. The molecule has 0 radical (unpaired) electrons. The first-order chi connectivity index (χ1) is 10.1. The van der Waals surface area contributed by atoms with Crippen molar-refractivity contribution < 1.29 is 14.3 Å². The van der Waals surface area contributed by atoms with Crippen molar-refractivity contribution in [2.75, 3.05) is 13.7 Å². The molecule has 1 atom stereocenters. The average Bonchev–Trinajstić information content (AvgIpc) is 2.52. The Hall–Kier alpha value is -1.75. The lowest BCUT2D eigenvalue weighted by Gasteiger charge is -2.36. The lowest BCUT2D eigenvalue weighted by molar-refractivity contribution is -0.147. The van der Waals surface area contributed by atoms with E-state index in [9.17, 15) is 9.59 Å². The van der Waals surface area contributed by atoms with E-state index in [0.717, 1.165) is 32.1 Å². The number of methoxy groups -OCH3 is 1. The first kappa shape index (κ1) is 17.3. The van der Waals surface area contributed by atoms with E-state index < -0.39 is 17.4 Å². The molecule has 0 aliphatic heterocycles. The van der Waals surface area contributed by atoms with Crippen molar-refractivity contribution in [3.63, 3.8) is 0 Å². The van der Waals surface area contributed by atoms with Crippen LogP contribution in [0.3, 0.4) is 0 Å². The van der Waals surface area contributed by atoms with Crippen molar-refractivity contribution in [2.45, 2.75) is 57.9 Å². The SMILES string of the molecule is CC[C@H](NC(=O)C1(CCN=[N+]=[N-])CCCCC1)C(=O)OC. The lowest BCUT2D eigenvalue weighted by atomic mass is 9.71. The Kier molecular flexibility index (Phi) is 7.02. The van der Waals surface area contributed by atoms with Gasteiger partial charge in [0.1, 0.15) is 6.04 Å². The highest BCUT2D eigenvalue weighted by molar-refractivity contribution is 5.88. The van der Waals surface area contributed by atoms with Gasteiger partial charge in [0.05, 0.1) is 7.11 Å². The zero-order chi connectivity index (χ0) is 15.7. The fraction of sp³-hybridized carbons (Fsp3) is 0.857. The number of ether oxygens (including phenoxy) is 1. The molecule has 118 valence electrons. The van der Waals surface area contributed by atoms with Crippen molar-refractivity contribution in [3.05, 3.63) is 10.4 Å². The van der Waals surface area contributed by atoms with Gasteiger partial charge in [0.15, 0.2) is 0 Å². The minimum absolute atomic E-state index is 0.118. The molecule has 1 aliphatic carbocycles. The number of azide groups is 1. The highest BCUT2D eigenvalue weighted by Crippen LogP contribution is 2.39. The van der Waals surface area contributed by atoms with Crippen LogP contribution in [0.1, 0.15) is 51.9 Å². The average molecular weight is 296 g/mol. The third-order valence-electron chi connectivity index (χ3n) is 4.25. The predicted octanol–water partition coefficient (Wildman–Crippen LogP) is 2.71. The predicted molar refractivity (Wildman–Crippen MR) is 78.4 cm³/mol. The summed E-state index contributed by atoms with van der Waals surface area (Å²) in [7, 11) is 1.31. The second-order valence-electron chi connectivity index (χ2n) is 5.50. The number of hydrogen-bond acceptors (Lipinski definition) is 4. The molecule has 0 aromatic heterocycles. The molecule has 1 N–H and O–H groups in total. The zero-order valence-corrected chi connectivity index (χ0v) is 12.8. The number of nitrogens with zero attached hydrogens (tertiary/aromatic N) is 3. The fourth-order valence-electron chi connectivity index (χ4n) is 2.91. The van der Waals surface area contributed by atoms with Gasteiger partial charge in [0.2, 0.25) is 5.91 Å². The van der Waals surface area contributed by atoms with Gasteiger partial charge in [-0.15, -0.1) is 0 Å². The fourth-order valence-corrected chi connectivity index (χ4v) is 2.91. The Bertz CT molecular complexity index is 412. The van der Waals surface area contributed by atoms with Gasteiger partial charge in [0.25, 0.3) is 0 Å². The first-order valence-corrected chi connectivity index (χ1v) is 7.49. The molecule has 0 bridgehead atoms. The summed E-state index contributed by atoms with van der Waals surface area (Å²) in [6, 6.07) is -0.610. The van der Waals surface area contributed by atoms with Gasteiger partial charge in [-0.2, -0.15) is 0 Å². The van der Waals surface area contributed by atoms with Gasteiger partial charge in [-0.3, -0.25) is 4.79 Å². The van der Waals surface area contributed by atoms with E-state index in [1.165, 1.54) is 7.11 Å². The molecular formula is C14H24N4O3. The third-order valence-corrected chi connectivity index (χ3v) is 4.25. The quantitative estimate of drug-likeness (QED) is 0.338. The summed E-state index contributed by atoms with van der Waals surface area (Å²) in [5.41, 5.74) is 7.88. The van der Waals surface area contributed by atoms with Crippen molar-refractivity contribution in [1.82, 2.24) is 5.32 Å². The second-order valence-corrected chi connectivity index (χ2v) is 5.50. The van der Waals surface area contributed by atoms with Gasteiger partial charge in [-0.1, -0.05) is 31.3 Å². The summed E-state index contributed by atoms with van der Waals surface area (Å²) in [4.78, 5) is 27.0. The maximum absolute atomic E-state index is 12.7. The molecular weight excluding hydrogens is 272 g/mol. The highest BCUT2D eigenvalue weighted by atomic mass is 16.5. The molecule has 1 rings (SSSR count). The largest absolute Gasteiger partial charge is 0.467 e. The summed E-state index contributed by atoms with van der Waals surface area (Å²) in [6.45, 7) is 2.13. The summed E-state index contributed by atoms with van der Waals surface area (Å²) in [5, 5.41) is 6.36. The molecule has 1 fully saturated rings. The normalized spacial score (nSPS) is 18.2. The topological polar surface area (TPSA) is 104 Å². The van der Waals surface area contributed by atoms with Crippen LogP contribution in [0.25, 0.3) is 10.4 Å². The molecule has 7 heteroatoms. The Morgan fingerprint density at radius 2 is 2.05 bits per heavy atom. The maximum atomic E-state index is 12.7. The van der Waals surface area contributed by atoms with Gasteiger partial charge >= 0.3 is 5.97 Å². The molecule has 0 heterocycles. The van der Waals surface area contributed by atoms with Crippen LogP contribution in [0.2, 0.25) is 0 Å². The summed E-state index contributed by atoms with van der Waals surface area (Å²) < 4.78 is 4.70. The number of esters is 1. The number of hydrogen-bond donors (Lipinski definition) is 1. The molecule has 0 spiro atoms. The van der Waals surface area contributed by atoms with Gasteiger partial charge in [-0.25, -0.2) is 4.79 Å². The summed E-state index contributed by atoms with van der Waals surface area (Å²) in [5.74, 6) is -0.542. The van der Waals surface area contributed by atoms with Crippen LogP contribution in [0.4, 0.5) is 0 Å². The van der Waals surface area contributed by atoms with Crippen molar-refractivity contribution in [3.8, 4) is 0 Å². The number of rotatable bonds is 7. The van der Waals surface area contributed by atoms with Crippen molar-refractivity contribution >= 4 is 11.9 Å². The minimum atomic E-state index is -0.610. The second kappa shape index (κ2) is 8.52. The molecule has 0 aromatic rings. The van der Waals surface area contributed by atoms with E-state index in [1.54, 1.807) is 0 Å². The Morgan fingerprint density at radius 3 is 2.57 bits per heavy atom. The van der Waals surface area contributed by atoms with E-state index in [4.69, 9.17) is 10.3 Å². The van der Waals surface area contributed by atoms with Crippen LogP contribution in [0.15, 0.2) is 5.11 Å². The molecule has 7 nitrogen and oxygen atoms in total. The summed E-state index contributed by atoms with van der Waals surface area (Å²) >= 11 is 0. The van der Waals surface area contributed by atoms with Gasteiger partial charge in [0, 0.05) is 16.9 Å². The van der Waals surface area contributed by atoms with Crippen molar-refractivity contribution in [2.24, 2.45) is 10.5 Å².